The van der Waals surface area contributed by atoms with Gasteiger partial charge in [-0.05, 0) is 19.7 Å². The van der Waals surface area contributed by atoms with Crippen molar-refractivity contribution >= 4 is 18.3 Å². The standard InChI is InChI=1S/C15H23N3O.ClH/c1-17(2)8-9-18(15(19)14-10-16-11-14)12-13-6-4-3-5-7-13;/h3-7,14,16H,8-12H2,1-2H3;1H. The second-order valence-electron chi connectivity index (χ2n) is 5.40. The highest BCUT2D eigenvalue weighted by Crippen LogP contribution is 2.12. The Morgan fingerprint density at radius 3 is 2.35 bits per heavy atom. The monoisotopic (exact) mass is 297 g/mol. The van der Waals surface area contributed by atoms with Gasteiger partial charge in [-0.2, -0.15) is 0 Å². The van der Waals surface area contributed by atoms with Crippen LogP contribution in [0.25, 0.3) is 0 Å². The molecule has 0 bridgehead atoms. The third kappa shape index (κ3) is 4.78. The maximum Gasteiger partial charge on any atom is 0.228 e. The van der Waals surface area contributed by atoms with Crippen LogP contribution in [0.5, 0.6) is 0 Å². The summed E-state index contributed by atoms with van der Waals surface area (Å²) in [4.78, 5) is 16.5. The summed E-state index contributed by atoms with van der Waals surface area (Å²) in [5, 5.41) is 3.17. The van der Waals surface area contributed by atoms with E-state index in [2.05, 4.69) is 22.3 Å². The van der Waals surface area contributed by atoms with E-state index >= 15 is 0 Å². The zero-order valence-corrected chi connectivity index (χ0v) is 13.0. The van der Waals surface area contributed by atoms with Crippen molar-refractivity contribution in [2.45, 2.75) is 6.54 Å². The fourth-order valence-corrected chi connectivity index (χ4v) is 2.11. The minimum Gasteiger partial charge on any atom is -0.337 e. The molecule has 2 rings (SSSR count). The zero-order valence-electron chi connectivity index (χ0n) is 12.2. The van der Waals surface area contributed by atoms with Gasteiger partial charge in [-0.25, -0.2) is 0 Å². The number of hydrogen-bond donors (Lipinski definition) is 1. The fraction of sp³-hybridized carbons (Fsp3) is 0.533. The van der Waals surface area contributed by atoms with Crippen molar-refractivity contribution in [1.82, 2.24) is 15.1 Å². The number of carbonyl (C=O) groups excluding carboxylic acids is 1. The Morgan fingerprint density at radius 2 is 1.85 bits per heavy atom. The summed E-state index contributed by atoms with van der Waals surface area (Å²) >= 11 is 0. The maximum atomic E-state index is 12.4. The molecule has 112 valence electrons. The molecule has 1 amide bonds. The second kappa shape index (κ2) is 8.25. The van der Waals surface area contributed by atoms with Gasteiger partial charge in [0.25, 0.3) is 0 Å². The number of likely N-dealkylation sites (N-methyl/N-ethyl adjacent to an activating group) is 1. The van der Waals surface area contributed by atoms with Gasteiger partial charge in [-0.1, -0.05) is 30.3 Å². The normalized spacial score (nSPS) is 14.6. The Bertz CT molecular complexity index is 407. The molecule has 1 aromatic rings. The van der Waals surface area contributed by atoms with Gasteiger partial charge in [0, 0.05) is 32.7 Å². The summed E-state index contributed by atoms with van der Waals surface area (Å²) < 4.78 is 0. The minimum atomic E-state index is 0. The van der Waals surface area contributed by atoms with Gasteiger partial charge in [-0.15, -0.1) is 12.4 Å². The van der Waals surface area contributed by atoms with Crippen LogP contribution in [0.4, 0.5) is 0 Å². The van der Waals surface area contributed by atoms with Gasteiger partial charge in [0.2, 0.25) is 5.91 Å². The van der Waals surface area contributed by atoms with E-state index in [1.165, 1.54) is 5.56 Å². The molecule has 0 unspecified atom stereocenters. The van der Waals surface area contributed by atoms with Crippen LogP contribution in [0.15, 0.2) is 30.3 Å². The minimum absolute atomic E-state index is 0. The Morgan fingerprint density at radius 1 is 1.20 bits per heavy atom. The van der Waals surface area contributed by atoms with Crippen molar-refractivity contribution in [3.8, 4) is 0 Å². The van der Waals surface area contributed by atoms with Crippen LogP contribution in [0.1, 0.15) is 5.56 Å². The molecule has 1 N–H and O–H groups in total. The summed E-state index contributed by atoms with van der Waals surface area (Å²) in [6.45, 7) is 4.05. The molecular weight excluding hydrogens is 274 g/mol. The Labute approximate surface area is 127 Å². The van der Waals surface area contributed by atoms with Crippen molar-refractivity contribution < 1.29 is 4.79 Å². The lowest BCUT2D eigenvalue weighted by molar-refractivity contribution is -0.137. The smallest absolute Gasteiger partial charge is 0.228 e. The number of rotatable bonds is 6. The molecule has 0 radical (unpaired) electrons. The average Bonchev–Trinajstić information content (AvgIpc) is 2.33. The van der Waals surface area contributed by atoms with Crippen LogP contribution in [0.2, 0.25) is 0 Å². The molecule has 1 aliphatic heterocycles. The van der Waals surface area contributed by atoms with Gasteiger partial charge in [0.15, 0.2) is 0 Å². The number of amides is 1. The molecule has 4 nitrogen and oxygen atoms in total. The molecule has 20 heavy (non-hydrogen) atoms. The predicted octanol–water partition coefficient (Wildman–Crippen LogP) is 1.22. The summed E-state index contributed by atoms with van der Waals surface area (Å²) in [7, 11) is 4.08. The average molecular weight is 298 g/mol. The molecule has 1 aromatic carbocycles. The summed E-state index contributed by atoms with van der Waals surface area (Å²) in [6.07, 6.45) is 0. The largest absolute Gasteiger partial charge is 0.337 e. The molecule has 1 saturated heterocycles. The highest BCUT2D eigenvalue weighted by molar-refractivity contribution is 5.85. The van der Waals surface area contributed by atoms with Gasteiger partial charge in [-0.3, -0.25) is 4.79 Å². The lowest BCUT2D eigenvalue weighted by atomic mass is 10.0. The first-order chi connectivity index (χ1) is 9.16. The molecule has 0 aromatic heterocycles. The molecule has 1 heterocycles. The fourth-order valence-electron chi connectivity index (χ4n) is 2.11. The van der Waals surface area contributed by atoms with Crippen molar-refractivity contribution in [2.75, 3.05) is 40.3 Å². The first-order valence-electron chi connectivity index (χ1n) is 6.85. The maximum absolute atomic E-state index is 12.4. The molecule has 0 aliphatic carbocycles. The zero-order chi connectivity index (χ0) is 13.7. The number of nitrogens with one attached hydrogen (secondary N) is 1. The first kappa shape index (κ1) is 17.0. The molecule has 0 spiro atoms. The van der Waals surface area contributed by atoms with E-state index < -0.39 is 0 Å². The molecule has 5 heteroatoms. The number of nitrogens with zero attached hydrogens (tertiary/aromatic N) is 2. The highest BCUT2D eigenvalue weighted by atomic mass is 35.5. The SMILES string of the molecule is CN(C)CCN(Cc1ccccc1)C(=O)C1CNC1.Cl. The van der Waals surface area contributed by atoms with E-state index in [4.69, 9.17) is 0 Å². The number of hydrogen-bond acceptors (Lipinski definition) is 3. The summed E-state index contributed by atoms with van der Waals surface area (Å²) in [5.74, 6) is 0.454. The molecule has 0 saturated carbocycles. The van der Waals surface area contributed by atoms with Gasteiger partial charge < -0.3 is 15.1 Å². The van der Waals surface area contributed by atoms with Crippen LogP contribution in [-0.2, 0) is 11.3 Å². The quantitative estimate of drug-likeness (QED) is 0.857. The van der Waals surface area contributed by atoms with E-state index in [0.717, 1.165) is 26.2 Å². The number of carbonyl (C=O) groups is 1. The van der Waals surface area contributed by atoms with E-state index in [-0.39, 0.29) is 24.2 Å². The highest BCUT2D eigenvalue weighted by Gasteiger charge is 2.29. The molecule has 0 atom stereocenters. The topological polar surface area (TPSA) is 35.6 Å². The van der Waals surface area contributed by atoms with E-state index in [1.54, 1.807) is 0 Å². The Balaban J connectivity index is 0.00000200. The van der Waals surface area contributed by atoms with E-state index in [1.807, 2.05) is 37.2 Å². The van der Waals surface area contributed by atoms with Gasteiger partial charge >= 0.3 is 0 Å². The third-order valence-electron chi connectivity index (χ3n) is 3.48. The van der Waals surface area contributed by atoms with Crippen molar-refractivity contribution in [2.24, 2.45) is 5.92 Å². The first-order valence-corrected chi connectivity index (χ1v) is 6.85. The third-order valence-corrected chi connectivity index (χ3v) is 3.48. The summed E-state index contributed by atoms with van der Waals surface area (Å²) in [6, 6.07) is 10.2. The van der Waals surface area contributed by atoms with Crippen molar-refractivity contribution in [1.29, 1.82) is 0 Å². The molecule has 1 aliphatic rings. The number of halogens is 1. The van der Waals surface area contributed by atoms with Crippen LogP contribution in [0.3, 0.4) is 0 Å². The van der Waals surface area contributed by atoms with Crippen LogP contribution >= 0.6 is 12.4 Å². The van der Waals surface area contributed by atoms with Crippen LogP contribution < -0.4 is 5.32 Å². The number of benzene rings is 1. The Hall–Kier alpha value is -1.10. The Kier molecular flexibility index (Phi) is 6.99. The predicted molar refractivity (Wildman–Crippen MR) is 84.0 cm³/mol. The van der Waals surface area contributed by atoms with Crippen molar-refractivity contribution in [3.05, 3.63) is 35.9 Å². The van der Waals surface area contributed by atoms with Crippen LogP contribution in [0, 0.1) is 5.92 Å². The molecule has 1 fully saturated rings. The summed E-state index contributed by atoms with van der Waals surface area (Å²) in [5.41, 5.74) is 1.20. The lowest BCUT2D eigenvalue weighted by Crippen LogP contribution is -2.52. The van der Waals surface area contributed by atoms with E-state index in [0.29, 0.717) is 6.54 Å². The van der Waals surface area contributed by atoms with Gasteiger partial charge in [0.05, 0.1) is 5.92 Å². The molecular formula is C15H24ClN3O. The lowest BCUT2D eigenvalue weighted by Gasteiger charge is -2.33. The van der Waals surface area contributed by atoms with E-state index in [9.17, 15) is 4.79 Å². The van der Waals surface area contributed by atoms with Crippen LogP contribution in [-0.4, -0.2) is 56.0 Å². The second-order valence-corrected chi connectivity index (χ2v) is 5.40. The van der Waals surface area contributed by atoms with Crippen molar-refractivity contribution in [3.63, 3.8) is 0 Å². The van der Waals surface area contributed by atoms with Gasteiger partial charge in [0.1, 0.15) is 0 Å².